The molecule has 0 aliphatic heterocycles. The number of carbonyl (C=O) groups excluding carboxylic acids is 1. The Morgan fingerprint density at radius 3 is 2.86 bits per heavy atom. The number of aromatic nitrogens is 2. The van der Waals surface area contributed by atoms with E-state index in [1.54, 1.807) is 18.2 Å². The summed E-state index contributed by atoms with van der Waals surface area (Å²) in [5.74, 6) is -0.255. The molecule has 0 aliphatic carbocycles. The van der Waals surface area contributed by atoms with Gasteiger partial charge in [0.1, 0.15) is 0 Å². The molecule has 0 saturated carbocycles. The number of anilines is 2. The monoisotopic (exact) mass is 294 g/mol. The molecule has 110 valence electrons. The van der Waals surface area contributed by atoms with Crippen LogP contribution in [0.4, 0.5) is 11.5 Å². The van der Waals surface area contributed by atoms with Crippen molar-refractivity contribution >= 4 is 28.3 Å². The van der Waals surface area contributed by atoms with Gasteiger partial charge in [-0.25, -0.2) is 4.98 Å². The molecular weight excluding hydrogens is 280 g/mol. The van der Waals surface area contributed by atoms with Gasteiger partial charge in [-0.15, -0.1) is 0 Å². The lowest BCUT2D eigenvalue weighted by molar-refractivity contribution is -0.115. The Morgan fingerprint density at radius 1 is 1.18 bits per heavy atom. The number of carbonyl (C=O) groups is 1. The molecule has 0 atom stereocenters. The molecule has 2 heterocycles. The molecule has 2 aromatic heterocycles. The van der Waals surface area contributed by atoms with Crippen molar-refractivity contribution in [2.24, 2.45) is 0 Å². The third-order valence-corrected chi connectivity index (χ3v) is 3.20. The highest BCUT2D eigenvalue weighted by Gasteiger charge is 2.10. The van der Waals surface area contributed by atoms with E-state index in [0.717, 1.165) is 5.39 Å². The predicted molar refractivity (Wildman–Crippen MR) is 84.4 cm³/mol. The number of nitrogens with two attached hydrogens (primary N) is 1. The normalized spacial score (nSPS) is 10.5. The lowest BCUT2D eigenvalue weighted by atomic mass is 10.1. The van der Waals surface area contributed by atoms with E-state index in [-0.39, 0.29) is 23.9 Å². The van der Waals surface area contributed by atoms with E-state index in [1.165, 1.54) is 12.3 Å². The highest BCUT2D eigenvalue weighted by Crippen LogP contribution is 2.20. The van der Waals surface area contributed by atoms with Crippen LogP contribution in [-0.4, -0.2) is 21.0 Å². The molecular formula is C16H14N4O2. The van der Waals surface area contributed by atoms with Gasteiger partial charge in [0.2, 0.25) is 5.91 Å². The Kier molecular flexibility index (Phi) is 3.57. The summed E-state index contributed by atoms with van der Waals surface area (Å²) in [5.41, 5.74) is 7.73. The van der Waals surface area contributed by atoms with Crippen molar-refractivity contribution in [2.75, 3.05) is 11.1 Å². The van der Waals surface area contributed by atoms with Crippen LogP contribution in [0.2, 0.25) is 0 Å². The number of nitrogen functional groups attached to an aromatic ring is 1. The molecule has 0 radical (unpaired) electrons. The topological polar surface area (TPSA) is 101 Å². The van der Waals surface area contributed by atoms with Gasteiger partial charge in [-0.3, -0.25) is 9.78 Å². The van der Waals surface area contributed by atoms with Crippen LogP contribution in [0.15, 0.2) is 48.7 Å². The van der Waals surface area contributed by atoms with Crippen LogP contribution in [0.5, 0.6) is 5.75 Å². The number of aromatic hydroxyl groups is 1. The van der Waals surface area contributed by atoms with Crippen molar-refractivity contribution in [3.05, 3.63) is 54.4 Å². The lowest BCUT2D eigenvalue weighted by Crippen LogP contribution is -2.16. The number of hydrogen-bond acceptors (Lipinski definition) is 5. The average molecular weight is 294 g/mol. The molecule has 0 spiro atoms. The van der Waals surface area contributed by atoms with E-state index in [4.69, 9.17) is 5.73 Å². The van der Waals surface area contributed by atoms with Gasteiger partial charge >= 0.3 is 0 Å². The van der Waals surface area contributed by atoms with Gasteiger partial charge in [-0.05, 0) is 24.3 Å². The number of rotatable bonds is 3. The van der Waals surface area contributed by atoms with Gasteiger partial charge in [-0.1, -0.05) is 18.2 Å². The van der Waals surface area contributed by atoms with E-state index in [9.17, 15) is 9.90 Å². The summed E-state index contributed by atoms with van der Waals surface area (Å²) in [6, 6.07) is 12.2. The Labute approximate surface area is 126 Å². The smallest absolute Gasteiger partial charge is 0.231 e. The maximum atomic E-state index is 12.0. The highest BCUT2D eigenvalue weighted by atomic mass is 16.3. The van der Waals surface area contributed by atoms with Gasteiger partial charge < -0.3 is 16.2 Å². The van der Waals surface area contributed by atoms with E-state index in [1.807, 2.05) is 18.2 Å². The summed E-state index contributed by atoms with van der Waals surface area (Å²) in [6.07, 6.45) is 1.56. The third kappa shape index (κ3) is 2.80. The fourth-order valence-corrected chi connectivity index (χ4v) is 2.14. The van der Waals surface area contributed by atoms with E-state index >= 15 is 0 Å². The quantitative estimate of drug-likeness (QED) is 0.642. The molecule has 6 heteroatoms. The Morgan fingerprint density at radius 2 is 2.05 bits per heavy atom. The zero-order chi connectivity index (χ0) is 15.5. The molecule has 3 rings (SSSR count). The molecule has 0 saturated heterocycles. The molecule has 0 fully saturated rings. The van der Waals surface area contributed by atoms with Crippen LogP contribution < -0.4 is 11.1 Å². The maximum absolute atomic E-state index is 12.0. The first-order valence-corrected chi connectivity index (χ1v) is 6.71. The lowest BCUT2D eigenvalue weighted by Gasteiger charge is -2.07. The number of pyridine rings is 2. The second-order valence-corrected chi connectivity index (χ2v) is 4.82. The highest BCUT2D eigenvalue weighted by molar-refractivity contribution is 5.93. The van der Waals surface area contributed by atoms with Crippen LogP contribution in [0.3, 0.4) is 0 Å². The number of fused-ring (bicyclic) bond motifs is 1. The van der Waals surface area contributed by atoms with E-state index in [2.05, 4.69) is 15.3 Å². The molecule has 1 aromatic carbocycles. The number of hydrogen-bond donors (Lipinski definition) is 3. The second-order valence-electron chi connectivity index (χ2n) is 4.82. The van der Waals surface area contributed by atoms with E-state index < -0.39 is 0 Å². The first kappa shape index (κ1) is 13.8. The predicted octanol–water partition coefficient (Wildman–Crippen LogP) is 2.10. The minimum Gasteiger partial charge on any atom is -0.504 e. The fourth-order valence-electron chi connectivity index (χ4n) is 2.14. The SMILES string of the molecule is Nc1cccc2ccc(CC(=O)Nc3ncccc3O)nc12. The van der Waals surface area contributed by atoms with Crippen molar-refractivity contribution < 1.29 is 9.90 Å². The maximum Gasteiger partial charge on any atom is 0.231 e. The molecule has 3 aromatic rings. The molecule has 4 N–H and O–H groups in total. The first-order valence-electron chi connectivity index (χ1n) is 6.71. The van der Waals surface area contributed by atoms with Gasteiger partial charge in [0.05, 0.1) is 23.3 Å². The average Bonchev–Trinajstić information content (AvgIpc) is 2.50. The van der Waals surface area contributed by atoms with Crippen molar-refractivity contribution in [2.45, 2.75) is 6.42 Å². The van der Waals surface area contributed by atoms with Crippen LogP contribution in [0, 0.1) is 0 Å². The molecule has 0 bridgehead atoms. The van der Waals surface area contributed by atoms with Crippen molar-refractivity contribution in [1.29, 1.82) is 0 Å². The van der Waals surface area contributed by atoms with Gasteiger partial charge in [0.25, 0.3) is 0 Å². The number of amides is 1. The summed E-state index contributed by atoms with van der Waals surface area (Å²) < 4.78 is 0. The standard InChI is InChI=1S/C16H14N4O2/c17-12-4-1-3-10-6-7-11(19-15(10)12)9-14(22)20-16-13(21)5-2-8-18-16/h1-8,21H,9,17H2,(H,18,20,22). The van der Waals surface area contributed by atoms with Crippen LogP contribution in [0.1, 0.15) is 5.69 Å². The minimum absolute atomic E-state index is 0.0697. The Bertz CT molecular complexity index is 848. The van der Waals surface area contributed by atoms with Crippen molar-refractivity contribution in [1.82, 2.24) is 9.97 Å². The van der Waals surface area contributed by atoms with Gasteiger partial charge in [-0.2, -0.15) is 0 Å². The molecule has 0 unspecified atom stereocenters. The zero-order valence-corrected chi connectivity index (χ0v) is 11.7. The van der Waals surface area contributed by atoms with E-state index in [0.29, 0.717) is 16.9 Å². The summed E-state index contributed by atoms with van der Waals surface area (Å²) >= 11 is 0. The second kappa shape index (κ2) is 5.69. The molecule has 1 amide bonds. The molecule has 6 nitrogen and oxygen atoms in total. The summed E-state index contributed by atoms with van der Waals surface area (Å²) in [6.45, 7) is 0. The summed E-state index contributed by atoms with van der Waals surface area (Å²) in [4.78, 5) is 20.3. The largest absolute Gasteiger partial charge is 0.504 e. The number of benzene rings is 1. The zero-order valence-electron chi connectivity index (χ0n) is 11.7. The fraction of sp³-hybridized carbons (Fsp3) is 0.0625. The number of para-hydroxylation sites is 1. The van der Waals surface area contributed by atoms with Crippen molar-refractivity contribution in [3.63, 3.8) is 0 Å². The van der Waals surface area contributed by atoms with Crippen LogP contribution in [-0.2, 0) is 11.2 Å². The first-order chi connectivity index (χ1) is 10.6. The Hall–Kier alpha value is -3.15. The summed E-state index contributed by atoms with van der Waals surface area (Å²) in [5, 5.41) is 13.1. The number of nitrogens with one attached hydrogen (secondary N) is 1. The third-order valence-electron chi connectivity index (χ3n) is 3.20. The summed E-state index contributed by atoms with van der Waals surface area (Å²) in [7, 11) is 0. The van der Waals surface area contributed by atoms with Gasteiger partial charge in [0.15, 0.2) is 11.6 Å². The Balaban J connectivity index is 1.79. The van der Waals surface area contributed by atoms with Crippen LogP contribution >= 0.6 is 0 Å². The van der Waals surface area contributed by atoms with Gasteiger partial charge in [0, 0.05) is 11.6 Å². The number of nitrogens with zero attached hydrogens (tertiary/aromatic N) is 2. The minimum atomic E-state index is -0.310. The molecule has 0 aliphatic rings. The molecule has 22 heavy (non-hydrogen) atoms. The van der Waals surface area contributed by atoms with Crippen LogP contribution in [0.25, 0.3) is 10.9 Å². The van der Waals surface area contributed by atoms with Crippen molar-refractivity contribution in [3.8, 4) is 5.75 Å².